The van der Waals surface area contributed by atoms with Crippen LogP contribution in [0.1, 0.15) is 12.1 Å². The Labute approximate surface area is 142 Å². The molecule has 0 unspecified atom stereocenters. The third-order valence-electron chi connectivity index (χ3n) is 4.08. The van der Waals surface area contributed by atoms with Gasteiger partial charge in [-0.05, 0) is 42.7 Å². The zero-order valence-electron chi connectivity index (χ0n) is 13.3. The summed E-state index contributed by atoms with van der Waals surface area (Å²) >= 11 is 0. The normalized spacial score (nSPS) is 11.2. The number of aromatic amines is 1. The fourth-order valence-corrected chi connectivity index (χ4v) is 2.97. The van der Waals surface area contributed by atoms with E-state index in [1.807, 2.05) is 18.2 Å². The number of rotatable bonds is 5. The lowest BCUT2D eigenvalue weighted by Gasteiger charge is -2.00. The van der Waals surface area contributed by atoms with Crippen LogP contribution in [0.2, 0.25) is 0 Å². The van der Waals surface area contributed by atoms with Gasteiger partial charge < -0.3 is 15.4 Å². The fraction of sp³-hybridized carbons (Fsp3) is 0.176. The summed E-state index contributed by atoms with van der Waals surface area (Å²) < 4.78 is 1.60. The van der Waals surface area contributed by atoms with Crippen LogP contribution in [-0.2, 0) is 6.42 Å². The van der Waals surface area contributed by atoms with Crippen molar-refractivity contribution in [3.63, 3.8) is 0 Å². The Bertz CT molecular complexity index is 1050. The first kappa shape index (κ1) is 15.1. The summed E-state index contributed by atoms with van der Waals surface area (Å²) in [6.45, 7) is 0.421. The highest BCUT2D eigenvalue weighted by molar-refractivity contribution is 5.97. The van der Waals surface area contributed by atoms with Crippen molar-refractivity contribution in [2.75, 3.05) is 6.54 Å². The van der Waals surface area contributed by atoms with E-state index >= 15 is 0 Å². The van der Waals surface area contributed by atoms with Gasteiger partial charge >= 0.3 is 6.09 Å². The molecule has 8 nitrogen and oxygen atoms in total. The molecule has 0 radical (unpaired) electrons. The number of hydrogen-bond donors (Lipinski definition) is 3. The molecule has 25 heavy (non-hydrogen) atoms. The lowest BCUT2D eigenvalue weighted by Crippen LogP contribution is -2.22. The predicted molar refractivity (Wildman–Crippen MR) is 92.4 cm³/mol. The van der Waals surface area contributed by atoms with Crippen molar-refractivity contribution in [1.82, 2.24) is 30.1 Å². The molecular formula is C17H16N6O2. The van der Waals surface area contributed by atoms with Gasteiger partial charge in [-0.2, -0.15) is 14.8 Å². The first-order valence-electron chi connectivity index (χ1n) is 7.95. The van der Waals surface area contributed by atoms with Crippen LogP contribution in [0.5, 0.6) is 0 Å². The molecule has 8 heteroatoms. The Morgan fingerprint density at radius 2 is 2.16 bits per heavy atom. The molecule has 0 aliphatic heterocycles. The van der Waals surface area contributed by atoms with E-state index < -0.39 is 6.09 Å². The Morgan fingerprint density at radius 1 is 1.24 bits per heavy atom. The molecule has 4 rings (SSSR count). The fourth-order valence-electron chi connectivity index (χ4n) is 2.97. The van der Waals surface area contributed by atoms with Gasteiger partial charge in [0, 0.05) is 35.6 Å². The van der Waals surface area contributed by atoms with Gasteiger partial charge in [-0.1, -0.05) is 0 Å². The van der Waals surface area contributed by atoms with E-state index in [1.165, 1.54) is 0 Å². The van der Waals surface area contributed by atoms with Crippen LogP contribution in [0.3, 0.4) is 0 Å². The van der Waals surface area contributed by atoms with E-state index in [-0.39, 0.29) is 0 Å². The average molecular weight is 336 g/mol. The van der Waals surface area contributed by atoms with Crippen molar-refractivity contribution in [2.45, 2.75) is 12.8 Å². The number of aromatic nitrogens is 5. The summed E-state index contributed by atoms with van der Waals surface area (Å²) in [5.41, 5.74) is 4.81. The second-order valence-electron chi connectivity index (χ2n) is 5.71. The molecule has 0 bridgehead atoms. The molecule has 0 saturated carbocycles. The Hall–Kier alpha value is -3.42. The first-order valence-corrected chi connectivity index (χ1v) is 7.95. The number of hydrogen-bond acceptors (Lipinski definition) is 4. The molecular weight excluding hydrogens is 320 g/mol. The van der Waals surface area contributed by atoms with Crippen LogP contribution in [0.15, 0.2) is 42.9 Å². The lowest BCUT2D eigenvalue weighted by atomic mass is 10.1. The number of nitrogens with zero attached hydrogens (tertiary/aromatic N) is 4. The van der Waals surface area contributed by atoms with Crippen LogP contribution in [0, 0.1) is 0 Å². The summed E-state index contributed by atoms with van der Waals surface area (Å²) in [5.74, 6) is 0. The number of H-pyrrole nitrogens is 1. The van der Waals surface area contributed by atoms with Crippen molar-refractivity contribution in [3.05, 3.63) is 48.5 Å². The highest BCUT2D eigenvalue weighted by atomic mass is 16.4. The van der Waals surface area contributed by atoms with Gasteiger partial charge in [0.2, 0.25) is 0 Å². The lowest BCUT2D eigenvalue weighted by molar-refractivity contribution is 0.194. The van der Waals surface area contributed by atoms with E-state index in [2.05, 4.69) is 31.5 Å². The third-order valence-corrected chi connectivity index (χ3v) is 4.08. The van der Waals surface area contributed by atoms with Gasteiger partial charge in [-0.3, -0.25) is 0 Å². The predicted octanol–water partition coefficient (Wildman–Crippen LogP) is 2.47. The number of aryl methyl sites for hydroxylation is 1. The van der Waals surface area contributed by atoms with Crippen molar-refractivity contribution >= 4 is 22.6 Å². The summed E-state index contributed by atoms with van der Waals surface area (Å²) in [5, 5.41) is 20.5. The Balaban J connectivity index is 1.67. The van der Waals surface area contributed by atoms with Crippen molar-refractivity contribution in [3.8, 4) is 11.1 Å². The van der Waals surface area contributed by atoms with Gasteiger partial charge in [0.05, 0.1) is 11.7 Å². The standard InChI is InChI=1S/C17H16N6O2/c24-17(25)19-6-1-3-11-9-13-12(5-8-18-16(13)22-11)14-10-21-23-15(14)4-2-7-20-23/h2,4-5,7-10,19H,1,3,6H2,(H,18,22)(H,24,25). The molecule has 0 fully saturated rings. The number of nitrogens with one attached hydrogen (secondary N) is 2. The number of carboxylic acid groups (broad SMARTS) is 1. The molecule has 0 spiro atoms. The zero-order chi connectivity index (χ0) is 17.2. The average Bonchev–Trinajstić information content (AvgIpc) is 3.22. The first-order chi connectivity index (χ1) is 12.2. The second-order valence-corrected chi connectivity index (χ2v) is 5.71. The molecule has 4 aromatic heterocycles. The minimum atomic E-state index is -0.998. The van der Waals surface area contributed by atoms with Gasteiger partial charge in [-0.25, -0.2) is 9.78 Å². The molecule has 4 heterocycles. The minimum Gasteiger partial charge on any atom is -0.465 e. The van der Waals surface area contributed by atoms with Gasteiger partial charge in [-0.15, -0.1) is 0 Å². The highest BCUT2D eigenvalue weighted by Crippen LogP contribution is 2.30. The monoisotopic (exact) mass is 336 g/mol. The third kappa shape index (κ3) is 2.89. The van der Waals surface area contributed by atoms with E-state index in [0.717, 1.165) is 46.2 Å². The number of amides is 1. The van der Waals surface area contributed by atoms with E-state index in [0.29, 0.717) is 6.54 Å². The summed E-state index contributed by atoms with van der Waals surface area (Å²) in [6, 6.07) is 7.90. The maximum Gasteiger partial charge on any atom is 0.404 e. The summed E-state index contributed by atoms with van der Waals surface area (Å²) in [4.78, 5) is 18.2. The van der Waals surface area contributed by atoms with Crippen LogP contribution in [-0.4, -0.2) is 42.5 Å². The molecule has 0 aliphatic carbocycles. The summed E-state index contributed by atoms with van der Waals surface area (Å²) in [7, 11) is 0. The van der Waals surface area contributed by atoms with Crippen molar-refractivity contribution in [1.29, 1.82) is 0 Å². The second kappa shape index (κ2) is 6.23. The number of carbonyl (C=O) groups is 1. The SMILES string of the molecule is O=C(O)NCCCc1cc2c(-c3cnn4ncccc34)ccnc2[nH]1. The van der Waals surface area contributed by atoms with Gasteiger partial charge in [0.1, 0.15) is 5.65 Å². The Morgan fingerprint density at radius 3 is 3.04 bits per heavy atom. The van der Waals surface area contributed by atoms with Crippen molar-refractivity contribution in [2.24, 2.45) is 0 Å². The van der Waals surface area contributed by atoms with Crippen LogP contribution < -0.4 is 5.32 Å². The largest absolute Gasteiger partial charge is 0.465 e. The molecule has 4 aromatic rings. The minimum absolute atomic E-state index is 0.421. The van der Waals surface area contributed by atoms with Crippen LogP contribution >= 0.6 is 0 Å². The number of fused-ring (bicyclic) bond motifs is 2. The number of pyridine rings is 1. The molecule has 0 atom stereocenters. The highest BCUT2D eigenvalue weighted by Gasteiger charge is 2.12. The van der Waals surface area contributed by atoms with Gasteiger partial charge in [0.15, 0.2) is 0 Å². The van der Waals surface area contributed by atoms with Gasteiger partial charge in [0.25, 0.3) is 0 Å². The maximum absolute atomic E-state index is 10.5. The maximum atomic E-state index is 10.5. The molecule has 1 amide bonds. The zero-order valence-corrected chi connectivity index (χ0v) is 13.3. The van der Waals surface area contributed by atoms with E-state index in [4.69, 9.17) is 5.11 Å². The summed E-state index contributed by atoms with van der Waals surface area (Å²) in [6.07, 6.45) is 5.74. The molecule has 0 saturated heterocycles. The Kier molecular flexibility index (Phi) is 3.77. The molecule has 126 valence electrons. The molecule has 0 aliphatic rings. The molecule has 0 aromatic carbocycles. The van der Waals surface area contributed by atoms with E-state index in [9.17, 15) is 4.79 Å². The van der Waals surface area contributed by atoms with Crippen LogP contribution in [0.25, 0.3) is 27.7 Å². The quantitative estimate of drug-likeness (QED) is 0.485. The topological polar surface area (TPSA) is 108 Å². The molecule has 3 N–H and O–H groups in total. The smallest absolute Gasteiger partial charge is 0.404 e. The van der Waals surface area contributed by atoms with Crippen LogP contribution in [0.4, 0.5) is 4.79 Å². The van der Waals surface area contributed by atoms with Crippen molar-refractivity contribution < 1.29 is 9.90 Å². The van der Waals surface area contributed by atoms with E-state index in [1.54, 1.807) is 23.2 Å².